The van der Waals surface area contributed by atoms with E-state index in [-0.39, 0.29) is 5.41 Å². The molecule has 0 amide bonds. The molecule has 0 fully saturated rings. The SMILES string of the molecule is CC1(c2ccccc2)c2ccccc2-c2c(N(c3ccc(-c4ccccc4)cc3-c3ccccc3)c3ccccc3-c3cccc4cccc(-c5ccccc5)c34)cccc21. The summed E-state index contributed by atoms with van der Waals surface area (Å²) in [5.41, 5.74) is 18.9. The molecule has 0 saturated heterocycles. The Hall–Kier alpha value is -7.74. The van der Waals surface area contributed by atoms with Crippen LogP contribution in [0.25, 0.3) is 66.4 Å². The number of hydrogen-bond acceptors (Lipinski definition) is 1. The van der Waals surface area contributed by atoms with E-state index in [0.29, 0.717) is 0 Å². The zero-order chi connectivity index (χ0) is 40.8. The van der Waals surface area contributed by atoms with Crippen molar-refractivity contribution in [3.63, 3.8) is 0 Å². The van der Waals surface area contributed by atoms with Gasteiger partial charge in [0.25, 0.3) is 0 Å². The van der Waals surface area contributed by atoms with Crippen LogP contribution in [-0.2, 0) is 5.41 Å². The summed E-state index contributed by atoms with van der Waals surface area (Å²) >= 11 is 0. The summed E-state index contributed by atoms with van der Waals surface area (Å²) in [4.78, 5) is 2.56. The maximum Gasteiger partial charge on any atom is 0.0543 e. The maximum absolute atomic E-state index is 2.56. The predicted molar refractivity (Wildman–Crippen MR) is 258 cm³/mol. The lowest BCUT2D eigenvalue weighted by molar-refractivity contribution is 0.714. The molecule has 0 aliphatic heterocycles. The van der Waals surface area contributed by atoms with Crippen molar-refractivity contribution in [2.45, 2.75) is 12.3 Å². The Balaban J connectivity index is 1.24. The molecule has 1 aliphatic carbocycles. The van der Waals surface area contributed by atoms with Crippen LogP contribution in [0.5, 0.6) is 0 Å². The number of fused-ring (bicyclic) bond motifs is 4. The Labute approximate surface area is 358 Å². The number of benzene rings is 10. The van der Waals surface area contributed by atoms with Gasteiger partial charge in [-0.2, -0.15) is 0 Å². The lowest BCUT2D eigenvalue weighted by atomic mass is 9.74. The zero-order valence-electron chi connectivity index (χ0n) is 34.0. The van der Waals surface area contributed by atoms with E-state index in [1.54, 1.807) is 0 Å². The minimum atomic E-state index is -0.353. The van der Waals surface area contributed by atoms with Gasteiger partial charge in [-0.15, -0.1) is 0 Å². The Bertz CT molecular complexity index is 3180. The summed E-state index contributed by atoms with van der Waals surface area (Å²) < 4.78 is 0. The molecule has 10 aromatic carbocycles. The van der Waals surface area contributed by atoms with Gasteiger partial charge in [0.1, 0.15) is 0 Å². The average molecular weight is 778 g/mol. The first kappa shape index (κ1) is 36.3. The summed E-state index contributed by atoms with van der Waals surface area (Å²) in [6, 6.07) is 88.9. The first-order valence-electron chi connectivity index (χ1n) is 21.2. The molecule has 1 aliphatic rings. The number of rotatable bonds is 8. The van der Waals surface area contributed by atoms with Gasteiger partial charge in [-0.1, -0.05) is 218 Å². The average Bonchev–Trinajstić information content (AvgIpc) is 3.61. The second-order valence-corrected chi connectivity index (χ2v) is 16.1. The molecule has 61 heavy (non-hydrogen) atoms. The molecule has 0 aromatic heterocycles. The molecule has 1 nitrogen and oxygen atoms in total. The highest BCUT2D eigenvalue weighted by Gasteiger charge is 2.42. The number of para-hydroxylation sites is 1. The Morgan fingerprint density at radius 1 is 0.311 bits per heavy atom. The second kappa shape index (κ2) is 15.1. The van der Waals surface area contributed by atoms with Crippen molar-refractivity contribution < 1.29 is 0 Å². The van der Waals surface area contributed by atoms with Crippen LogP contribution in [0.4, 0.5) is 17.1 Å². The standard InChI is InChI=1S/C60H43N/c1-60(47-29-12-5-13-30-47)53-35-16-14-32-51(53)59-54(60)36-20-38-57(59)61(56-40-39-46(42-21-6-2-7-22-42)41-52(56)44-25-10-4-11-26-44)55-37-17-15-31-49(55)50-34-19-28-45-27-18-33-48(58(45)50)43-23-8-3-9-24-43/h2-41H,1H3. The number of anilines is 3. The van der Waals surface area contributed by atoms with Crippen LogP contribution in [0.3, 0.4) is 0 Å². The maximum atomic E-state index is 2.56. The highest BCUT2D eigenvalue weighted by Crippen LogP contribution is 2.58. The van der Waals surface area contributed by atoms with Crippen molar-refractivity contribution in [1.82, 2.24) is 0 Å². The van der Waals surface area contributed by atoms with Crippen LogP contribution in [-0.4, -0.2) is 0 Å². The van der Waals surface area contributed by atoms with Crippen molar-refractivity contribution in [1.29, 1.82) is 0 Å². The normalized spacial score (nSPS) is 14.0. The zero-order valence-corrected chi connectivity index (χ0v) is 34.0. The van der Waals surface area contributed by atoms with Gasteiger partial charge >= 0.3 is 0 Å². The van der Waals surface area contributed by atoms with Crippen LogP contribution in [0, 0.1) is 0 Å². The molecule has 0 N–H and O–H groups in total. The van der Waals surface area contributed by atoms with E-state index in [4.69, 9.17) is 0 Å². The van der Waals surface area contributed by atoms with Crippen molar-refractivity contribution in [2.75, 3.05) is 4.90 Å². The monoisotopic (exact) mass is 777 g/mol. The molecule has 0 bridgehead atoms. The van der Waals surface area contributed by atoms with E-state index >= 15 is 0 Å². The Morgan fingerprint density at radius 3 is 1.51 bits per heavy atom. The fourth-order valence-corrected chi connectivity index (χ4v) is 9.89. The largest absolute Gasteiger partial charge is 0.309 e. The molecule has 1 heteroatoms. The minimum Gasteiger partial charge on any atom is -0.309 e. The van der Waals surface area contributed by atoms with Crippen molar-refractivity contribution in [3.8, 4) is 55.6 Å². The summed E-state index contributed by atoms with van der Waals surface area (Å²) in [7, 11) is 0. The van der Waals surface area contributed by atoms with E-state index in [1.165, 1.54) is 66.4 Å². The number of nitrogens with zero attached hydrogens (tertiary/aromatic N) is 1. The molecule has 1 atom stereocenters. The van der Waals surface area contributed by atoms with E-state index < -0.39 is 0 Å². The number of hydrogen-bond donors (Lipinski definition) is 0. The minimum absolute atomic E-state index is 0.353. The first-order chi connectivity index (χ1) is 30.2. The van der Waals surface area contributed by atoms with E-state index in [2.05, 4.69) is 254 Å². The van der Waals surface area contributed by atoms with E-state index in [1.807, 2.05) is 0 Å². The van der Waals surface area contributed by atoms with Crippen LogP contribution < -0.4 is 4.90 Å². The lowest BCUT2D eigenvalue weighted by Gasteiger charge is -2.33. The molecule has 288 valence electrons. The molecular weight excluding hydrogens is 735 g/mol. The highest BCUT2D eigenvalue weighted by atomic mass is 15.2. The van der Waals surface area contributed by atoms with Crippen LogP contribution in [0.15, 0.2) is 243 Å². The third-order valence-corrected chi connectivity index (χ3v) is 12.8. The van der Waals surface area contributed by atoms with Gasteiger partial charge in [0, 0.05) is 22.1 Å². The van der Waals surface area contributed by atoms with Crippen molar-refractivity contribution in [3.05, 3.63) is 259 Å². The summed E-state index contributed by atoms with van der Waals surface area (Å²) in [6.45, 7) is 2.40. The Kier molecular flexibility index (Phi) is 9.02. The van der Waals surface area contributed by atoms with Gasteiger partial charge in [-0.25, -0.2) is 0 Å². The smallest absolute Gasteiger partial charge is 0.0543 e. The first-order valence-corrected chi connectivity index (χ1v) is 21.2. The fraction of sp³-hybridized carbons (Fsp3) is 0.0333. The summed E-state index contributed by atoms with van der Waals surface area (Å²) in [5, 5.41) is 2.46. The third kappa shape index (κ3) is 6.09. The van der Waals surface area contributed by atoms with Gasteiger partial charge in [0.15, 0.2) is 0 Å². The lowest BCUT2D eigenvalue weighted by Crippen LogP contribution is -2.22. The fourth-order valence-electron chi connectivity index (χ4n) is 9.89. The molecule has 0 spiro atoms. The molecule has 0 heterocycles. The third-order valence-electron chi connectivity index (χ3n) is 12.8. The molecular formula is C60H43N. The van der Waals surface area contributed by atoms with Crippen molar-refractivity contribution >= 4 is 27.8 Å². The molecule has 0 radical (unpaired) electrons. The summed E-state index contributed by atoms with van der Waals surface area (Å²) in [5.74, 6) is 0. The summed E-state index contributed by atoms with van der Waals surface area (Å²) in [6.07, 6.45) is 0. The van der Waals surface area contributed by atoms with E-state index in [0.717, 1.165) is 33.8 Å². The van der Waals surface area contributed by atoms with Crippen LogP contribution in [0.1, 0.15) is 23.6 Å². The van der Waals surface area contributed by atoms with E-state index in [9.17, 15) is 0 Å². The topological polar surface area (TPSA) is 3.24 Å². The van der Waals surface area contributed by atoms with Crippen LogP contribution >= 0.6 is 0 Å². The van der Waals surface area contributed by atoms with Gasteiger partial charge in [0.05, 0.1) is 17.1 Å². The molecule has 11 rings (SSSR count). The quantitative estimate of drug-likeness (QED) is 0.149. The van der Waals surface area contributed by atoms with Gasteiger partial charge in [0.2, 0.25) is 0 Å². The van der Waals surface area contributed by atoms with Gasteiger partial charge in [-0.05, 0) is 97.6 Å². The Morgan fingerprint density at radius 2 is 0.803 bits per heavy atom. The van der Waals surface area contributed by atoms with Crippen molar-refractivity contribution in [2.24, 2.45) is 0 Å². The molecule has 0 saturated carbocycles. The van der Waals surface area contributed by atoms with Crippen LogP contribution in [0.2, 0.25) is 0 Å². The second-order valence-electron chi connectivity index (χ2n) is 16.1. The highest BCUT2D eigenvalue weighted by molar-refractivity contribution is 6.10. The predicted octanol–water partition coefficient (Wildman–Crippen LogP) is 16.3. The molecule has 10 aromatic rings. The molecule has 1 unspecified atom stereocenters. The van der Waals surface area contributed by atoms with Gasteiger partial charge in [-0.3, -0.25) is 0 Å². The van der Waals surface area contributed by atoms with Gasteiger partial charge < -0.3 is 4.90 Å².